The standard InChI is InChI=1S/C19H21BN2O6/c1-12(24)21-10-15-5-7-18(28-15)17-3-2-8-22(17)19(25)13-4-6-16(20(26)27)14(9-13)11-23/h4-7,9,11,17,26-27H,2-3,8,10H2,1H3,(H,21,24). The molecule has 1 aliphatic rings. The first-order chi connectivity index (χ1) is 13.4. The molecule has 0 aliphatic carbocycles. The monoisotopic (exact) mass is 384 g/mol. The Kier molecular flexibility index (Phi) is 5.96. The van der Waals surface area contributed by atoms with Gasteiger partial charge in [0.05, 0.1) is 12.6 Å². The van der Waals surface area contributed by atoms with Gasteiger partial charge in [-0.2, -0.15) is 0 Å². The fraction of sp³-hybridized carbons (Fsp3) is 0.316. The third kappa shape index (κ3) is 4.15. The molecule has 146 valence electrons. The largest absolute Gasteiger partial charge is 0.489 e. The van der Waals surface area contributed by atoms with Crippen LogP contribution in [0.2, 0.25) is 0 Å². The van der Waals surface area contributed by atoms with Gasteiger partial charge in [0.2, 0.25) is 5.91 Å². The molecule has 2 heterocycles. The number of carbonyl (C=O) groups is 3. The van der Waals surface area contributed by atoms with Gasteiger partial charge in [0, 0.05) is 24.6 Å². The maximum atomic E-state index is 13.0. The van der Waals surface area contributed by atoms with Crippen molar-refractivity contribution in [2.75, 3.05) is 6.54 Å². The molecule has 0 saturated carbocycles. The Morgan fingerprint density at radius 3 is 2.79 bits per heavy atom. The highest BCUT2D eigenvalue weighted by atomic mass is 16.4. The molecule has 0 bridgehead atoms. The Morgan fingerprint density at radius 2 is 2.11 bits per heavy atom. The second-order valence-corrected chi connectivity index (χ2v) is 6.71. The molecule has 1 atom stereocenters. The Balaban J connectivity index is 1.80. The van der Waals surface area contributed by atoms with Crippen molar-refractivity contribution in [1.82, 2.24) is 10.2 Å². The topological polar surface area (TPSA) is 120 Å². The van der Waals surface area contributed by atoms with Crippen molar-refractivity contribution in [3.05, 3.63) is 53.0 Å². The molecule has 2 aromatic rings. The summed E-state index contributed by atoms with van der Waals surface area (Å²) in [6.07, 6.45) is 2.05. The van der Waals surface area contributed by atoms with Gasteiger partial charge in [-0.1, -0.05) is 6.07 Å². The highest BCUT2D eigenvalue weighted by Crippen LogP contribution is 2.34. The number of nitrogens with zero attached hydrogens (tertiary/aromatic N) is 1. The molecule has 2 amide bonds. The fourth-order valence-electron chi connectivity index (χ4n) is 3.40. The van der Waals surface area contributed by atoms with Crippen LogP contribution in [0.25, 0.3) is 0 Å². The van der Waals surface area contributed by atoms with Crippen LogP contribution in [-0.2, 0) is 11.3 Å². The van der Waals surface area contributed by atoms with Gasteiger partial charge in [-0.25, -0.2) is 0 Å². The molecule has 0 spiro atoms. The Hall–Kier alpha value is -2.91. The fourth-order valence-corrected chi connectivity index (χ4v) is 3.40. The Morgan fingerprint density at radius 1 is 1.32 bits per heavy atom. The minimum Gasteiger partial charge on any atom is -0.462 e. The lowest BCUT2D eigenvalue weighted by molar-refractivity contribution is -0.119. The van der Waals surface area contributed by atoms with Crippen molar-refractivity contribution in [3.63, 3.8) is 0 Å². The lowest BCUT2D eigenvalue weighted by Gasteiger charge is -2.23. The van der Waals surface area contributed by atoms with Gasteiger partial charge in [0.25, 0.3) is 5.91 Å². The summed E-state index contributed by atoms with van der Waals surface area (Å²) in [5.41, 5.74) is 0.411. The Labute approximate surface area is 162 Å². The first kappa shape index (κ1) is 19.8. The predicted octanol–water partition coefficient (Wildman–Crippen LogP) is 0.385. The number of furan rings is 1. The van der Waals surface area contributed by atoms with Gasteiger partial charge in [0.15, 0.2) is 0 Å². The summed E-state index contributed by atoms with van der Waals surface area (Å²) in [7, 11) is -1.78. The molecular formula is C19H21BN2O6. The summed E-state index contributed by atoms with van der Waals surface area (Å²) < 4.78 is 5.80. The van der Waals surface area contributed by atoms with Crippen molar-refractivity contribution >= 4 is 30.7 Å². The van der Waals surface area contributed by atoms with Gasteiger partial charge >= 0.3 is 7.12 Å². The highest BCUT2D eigenvalue weighted by molar-refractivity contribution is 6.60. The van der Waals surface area contributed by atoms with Crippen LogP contribution in [0.4, 0.5) is 0 Å². The van der Waals surface area contributed by atoms with Crippen molar-refractivity contribution in [2.24, 2.45) is 0 Å². The van der Waals surface area contributed by atoms with E-state index in [2.05, 4.69) is 5.32 Å². The molecule has 9 heteroatoms. The van der Waals surface area contributed by atoms with E-state index < -0.39 is 7.12 Å². The SMILES string of the molecule is CC(=O)NCc1ccc(C2CCCN2C(=O)c2ccc(B(O)O)c(C=O)c2)o1. The van der Waals surface area contributed by atoms with Gasteiger partial charge < -0.3 is 24.7 Å². The molecule has 3 N–H and O–H groups in total. The first-order valence-electron chi connectivity index (χ1n) is 9.00. The van der Waals surface area contributed by atoms with Crippen molar-refractivity contribution in [3.8, 4) is 0 Å². The van der Waals surface area contributed by atoms with E-state index in [0.717, 1.165) is 12.8 Å². The minimum atomic E-state index is -1.78. The summed E-state index contributed by atoms with van der Waals surface area (Å²) >= 11 is 0. The number of benzene rings is 1. The zero-order chi connectivity index (χ0) is 20.3. The molecular weight excluding hydrogens is 363 g/mol. The van der Waals surface area contributed by atoms with Crippen LogP contribution in [0.5, 0.6) is 0 Å². The summed E-state index contributed by atoms with van der Waals surface area (Å²) in [6.45, 7) is 2.26. The molecule has 1 saturated heterocycles. The average Bonchev–Trinajstić information content (AvgIpc) is 3.34. The van der Waals surface area contributed by atoms with E-state index in [9.17, 15) is 24.4 Å². The van der Waals surface area contributed by atoms with E-state index in [4.69, 9.17) is 4.42 Å². The van der Waals surface area contributed by atoms with Crippen LogP contribution in [-0.4, -0.2) is 46.7 Å². The molecule has 1 aromatic heterocycles. The van der Waals surface area contributed by atoms with Crippen molar-refractivity contribution in [2.45, 2.75) is 32.4 Å². The van der Waals surface area contributed by atoms with Gasteiger partial charge in [-0.05, 0) is 42.6 Å². The van der Waals surface area contributed by atoms with Crippen LogP contribution in [0.3, 0.4) is 0 Å². The Bertz CT molecular complexity index is 894. The molecule has 0 radical (unpaired) electrons. The van der Waals surface area contributed by atoms with E-state index >= 15 is 0 Å². The van der Waals surface area contributed by atoms with Crippen molar-refractivity contribution < 1.29 is 28.8 Å². The van der Waals surface area contributed by atoms with E-state index in [0.29, 0.717) is 29.9 Å². The average molecular weight is 384 g/mol. The zero-order valence-corrected chi connectivity index (χ0v) is 15.4. The number of aldehydes is 1. The molecule has 3 rings (SSSR count). The van der Waals surface area contributed by atoms with Crippen molar-refractivity contribution in [1.29, 1.82) is 0 Å². The molecule has 1 aromatic carbocycles. The smallest absolute Gasteiger partial charge is 0.462 e. The van der Waals surface area contributed by atoms with Crippen LogP contribution < -0.4 is 10.8 Å². The third-order valence-electron chi connectivity index (χ3n) is 4.77. The van der Waals surface area contributed by atoms with E-state index in [1.807, 2.05) is 0 Å². The van der Waals surface area contributed by atoms with E-state index in [1.54, 1.807) is 17.0 Å². The summed E-state index contributed by atoms with van der Waals surface area (Å²) in [5, 5.41) is 21.3. The van der Waals surface area contributed by atoms with Gasteiger partial charge in [-0.3, -0.25) is 14.4 Å². The number of nitrogens with one attached hydrogen (secondary N) is 1. The van der Waals surface area contributed by atoms with E-state index in [-0.39, 0.29) is 35.4 Å². The maximum Gasteiger partial charge on any atom is 0.489 e. The van der Waals surface area contributed by atoms with Crippen LogP contribution >= 0.6 is 0 Å². The van der Waals surface area contributed by atoms with Crippen LogP contribution in [0, 0.1) is 0 Å². The van der Waals surface area contributed by atoms with Crippen LogP contribution in [0.15, 0.2) is 34.7 Å². The number of likely N-dealkylation sites (tertiary alicyclic amines) is 1. The molecule has 8 nitrogen and oxygen atoms in total. The maximum absolute atomic E-state index is 13.0. The highest BCUT2D eigenvalue weighted by Gasteiger charge is 2.33. The lowest BCUT2D eigenvalue weighted by atomic mass is 9.77. The lowest BCUT2D eigenvalue weighted by Crippen LogP contribution is -2.35. The summed E-state index contributed by atoms with van der Waals surface area (Å²) in [4.78, 5) is 36.9. The van der Waals surface area contributed by atoms with Gasteiger partial charge in [0.1, 0.15) is 17.8 Å². The molecule has 1 aliphatic heterocycles. The third-order valence-corrected chi connectivity index (χ3v) is 4.77. The number of hydrogen-bond donors (Lipinski definition) is 3. The van der Waals surface area contributed by atoms with Gasteiger partial charge in [-0.15, -0.1) is 0 Å². The quantitative estimate of drug-likeness (QED) is 0.490. The summed E-state index contributed by atoms with van der Waals surface area (Å²) in [5.74, 6) is 0.834. The second kappa shape index (κ2) is 8.41. The minimum absolute atomic E-state index is 0.0539. The predicted molar refractivity (Wildman–Crippen MR) is 101 cm³/mol. The van der Waals surface area contributed by atoms with E-state index in [1.165, 1.54) is 25.1 Å². The molecule has 1 unspecified atom stereocenters. The molecule has 1 fully saturated rings. The normalized spacial score (nSPS) is 16.1. The second-order valence-electron chi connectivity index (χ2n) is 6.71. The number of amides is 2. The first-order valence-corrected chi connectivity index (χ1v) is 9.00. The number of rotatable bonds is 6. The number of carbonyl (C=O) groups excluding carboxylic acids is 3. The molecule has 28 heavy (non-hydrogen) atoms. The van der Waals surface area contributed by atoms with Crippen LogP contribution in [0.1, 0.15) is 58.0 Å². The summed E-state index contributed by atoms with van der Waals surface area (Å²) in [6, 6.07) is 7.55. The number of hydrogen-bond acceptors (Lipinski definition) is 6. The zero-order valence-electron chi connectivity index (χ0n) is 15.4.